The first-order valence-corrected chi connectivity index (χ1v) is 5.14. The van der Waals surface area contributed by atoms with E-state index >= 15 is 0 Å². The highest BCUT2D eigenvalue weighted by atomic mass is 16.5. The van der Waals surface area contributed by atoms with Gasteiger partial charge >= 0.3 is 5.97 Å². The lowest BCUT2D eigenvalue weighted by Gasteiger charge is -2.36. The Morgan fingerprint density at radius 3 is 2.93 bits per heavy atom. The van der Waals surface area contributed by atoms with Gasteiger partial charge in [-0.05, 0) is 31.3 Å². The maximum atomic E-state index is 11.8. The first-order valence-electron chi connectivity index (χ1n) is 5.14. The van der Waals surface area contributed by atoms with Gasteiger partial charge in [-0.3, -0.25) is 4.79 Å². The van der Waals surface area contributed by atoms with E-state index in [-0.39, 0.29) is 5.97 Å². The molecule has 0 unspecified atom stereocenters. The van der Waals surface area contributed by atoms with Gasteiger partial charge in [-0.2, -0.15) is 0 Å². The maximum Gasteiger partial charge on any atom is 0.321 e. The molecule has 1 saturated carbocycles. The van der Waals surface area contributed by atoms with Crippen LogP contribution >= 0.6 is 0 Å². The fourth-order valence-corrected chi connectivity index (χ4v) is 2.94. The molecule has 0 aromatic carbocycles. The standard InChI is InChI=1S/C12H16O2/c1-4-12-9(3)5-6-10(12)8(2)7-14-11(12)13/h4,7,9-10H,1,5-6H2,2-3H3/t9-,10+,12-/m0/s1. The van der Waals surface area contributed by atoms with Gasteiger partial charge in [-0.15, -0.1) is 6.58 Å². The number of hydrogen-bond donors (Lipinski definition) is 0. The second kappa shape index (κ2) is 2.97. The fraction of sp³-hybridized carbons (Fsp3) is 0.583. The molecule has 14 heavy (non-hydrogen) atoms. The Morgan fingerprint density at radius 1 is 1.64 bits per heavy atom. The number of hydrogen-bond acceptors (Lipinski definition) is 2. The molecule has 0 aromatic heterocycles. The molecule has 1 aliphatic heterocycles. The third-order valence-corrected chi connectivity index (χ3v) is 3.87. The normalized spacial score (nSPS) is 41.3. The number of esters is 1. The molecule has 2 aliphatic rings. The Kier molecular flexibility index (Phi) is 2.02. The Balaban J connectivity index is 2.51. The molecule has 1 fully saturated rings. The van der Waals surface area contributed by atoms with Gasteiger partial charge in [-0.1, -0.05) is 13.0 Å². The van der Waals surface area contributed by atoms with Crippen LogP contribution in [0.5, 0.6) is 0 Å². The lowest BCUT2D eigenvalue weighted by Crippen LogP contribution is -2.41. The molecule has 1 aliphatic carbocycles. The van der Waals surface area contributed by atoms with Crippen molar-refractivity contribution in [3.63, 3.8) is 0 Å². The summed E-state index contributed by atoms with van der Waals surface area (Å²) in [5.74, 6) is 0.547. The molecule has 0 radical (unpaired) electrons. The molecular weight excluding hydrogens is 176 g/mol. The average Bonchev–Trinajstić information content (AvgIpc) is 2.52. The van der Waals surface area contributed by atoms with Crippen molar-refractivity contribution in [3.8, 4) is 0 Å². The monoisotopic (exact) mass is 192 g/mol. The maximum absolute atomic E-state index is 11.8. The van der Waals surface area contributed by atoms with Gasteiger partial charge in [0.1, 0.15) is 0 Å². The van der Waals surface area contributed by atoms with Crippen LogP contribution in [0, 0.1) is 17.3 Å². The highest BCUT2D eigenvalue weighted by Crippen LogP contribution is 2.54. The number of cyclic esters (lactones) is 1. The molecule has 0 spiro atoms. The van der Waals surface area contributed by atoms with Crippen LogP contribution in [0.4, 0.5) is 0 Å². The zero-order valence-electron chi connectivity index (χ0n) is 8.75. The minimum Gasteiger partial charge on any atom is -0.434 e. The van der Waals surface area contributed by atoms with E-state index in [4.69, 9.17) is 4.74 Å². The molecule has 0 bridgehead atoms. The van der Waals surface area contributed by atoms with Crippen molar-refractivity contribution in [3.05, 3.63) is 24.5 Å². The zero-order valence-corrected chi connectivity index (χ0v) is 8.75. The molecule has 0 aromatic rings. The van der Waals surface area contributed by atoms with E-state index in [2.05, 4.69) is 13.5 Å². The van der Waals surface area contributed by atoms with Gasteiger partial charge in [0, 0.05) is 5.92 Å². The summed E-state index contributed by atoms with van der Waals surface area (Å²) in [7, 11) is 0. The smallest absolute Gasteiger partial charge is 0.321 e. The van der Waals surface area contributed by atoms with Gasteiger partial charge in [-0.25, -0.2) is 0 Å². The molecule has 1 heterocycles. The van der Waals surface area contributed by atoms with Crippen LogP contribution in [0.2, 0.25) is 0 Å². The van der Waals surface area contributed by atoms with Gasteiger partial charge in [0.05, 0.1) is 11.7 Å². The summed E-state index contributed by atoms with van der Waals surface area (Å²) < 4.78 is 5.10. The molecular formula is C12H16O2. The van der Waals surface area contributed by atoms with E-state index in [1.54, 1.807) is 12.3 Å². The van der Waals surface area contributed by atoms with Gasteiger partial charge < -0.3 is 4.74 Å². The molecule has 0 saturated heterocycles. The first-order chi connectivity index (χ1) is 6.63. The van der Waals surface area contributed by atoms with Gasteiger partial charge in [0.15, 0.2) is 0 Å². The van der Waals surface area contributed by atoms with Crippen molar-refractivity contribution in [1.29, 1.82) is 0 Å². The van der Waals surface area contributed by atoms with E-state index in [1.165, 1.54) is 5.57 Å². The van der Waals surface area contributed by atoms with Crippen LogP contribution in [-0.2, 0) is 9.53 Å². The molecule has 2 heteroatoms. The number of allylic oxidation sites excluding steroid dienone is 1. The number of rotatable bonds is 1. The lowest BCUT2D eigenvalue weighted by molar-refractivity contribution is -0.152. The van der Waals surface area contributed by atoms with Crippen molar-refractivity contribution < 1.29 is 9.53 Å². The second-order valence-electron chi connectivity index (χ2n) is 4.44. The summed E-state index contributed by atoms with van der Waals surface area (Å²) >= 11 is 0. The third kappa shape index (κ3) is 0.941. The summed E-state index contributed by atoms with van der Waals surface area (Å²) in [6, 6.07) is 0. The first kappa shape index (κ1) is 9.50. The van der Waals surface area contributed by atoms with E-state index in [0.29, 0.717) is 11.8 Å². The molecule has 3 atom stereocenters. The minimum absolute atomic E-state index is 0.117. The second-order valence-corrected chi connectivity index (χ2v) is 4.44. The van der Waals surface area contributed by atoms with E-state index in [9.17, 15) is 4.79 Å². The van der Waals surface area contributed by atoms with E-state index < -0.39 is 5.41 Å². The summed E-state index contributed by atoms with van der Waals surface area (Å²) in [5, 5.41) is 0. The SMILES string of the molecule is C=C[C@@]12C(=O)OC=C(C)[C@H]1CC[C@@H]2C. The van der Waals surface area contributed by atoms with Crippen molar-refractivity contribution in [2.75, 3.05) is 0 Å². The van der Waals surface area contributed by atoms with Gasteiger partial charge in [0.2, 0.25) is 0 Å². The predicted molar refractivity (Wildman–Crippen MR) is 54.4 cm³/mol. The van der Waals surface area contributed by atoms with Crippen molar-refractivity contribution in [2.45, 2.75) is 26.7 Å². The Hall–Kier alpha value is -1.05. The third-order valence-electron chi connectivity index (χ3n) is 3.87. The number of ether oxygens (including phenoxy) is 1. The predicted octanol–water partition coefficient (Wildman–Crippen LogP) is 2.67. The number of fused-ring (bicyclic) bond motifs is 1. The molecule has 76 valence electrons. The quantitative estimate of drug-likeness (QED) is 0.471. The highest BCUT2D eigenvalue weighted by Gasteiger charge is 2.54. The minimum atomic E-state index is -0.446. The molecule has 0 amide bonds. The number of carbonyl (C=O) groups is 1. The fourth-order valence-electron chi connectivity index (χ4n) is 2.94. The van der Waals surface area contributed by atoms with Crippen molar-refractivity contribution in [1.82, 2.24) is 0 Å². The van der Waals surface area contributed by atoms with Crippen LogP contribution in [0.1, 0.15) is 26.7 Å². The Bertz CT molecular complexity index is 316. The highest BCUT2D eigenvalue weighted by molar-refractivity contribution is 5.82. The summed E-state index contributed by atoms with van der Waals surface area (Å²) in [6.07, 6.45) is 5.56. The van der Waals surface area contributed by atoms with Crippen LogP contribution in [0.25, 0.3) is 0 Å². The zero-order chi connectivity index (χ0) is 10.3. The molecule has 2 rings (SSSR count). The Morgan fingerprint density at radius 2 is 2.36 bits per heavy atom. The van der Waals surface area contributed by atoms with Crippen LogP contribution in [-0.4, -0.2) is 5.97 Å². The lowest BCUT2D eigenvalue weighted by atomic mass is 9.69. The summed E-state index contributed by atoms with van der Waals surface area (Å²) in [5.41, 5.74) is 0.729. The number of carbonyl (C=O) groups excluding carboxylic acids is 1. The van der Waals surface area contributed by atoms with Crippen molar-refractivity contribution in [2.24, 2.45) is 17.3 Å². The molecule has 0 N–H and O–H groups in total. The average molecular weight is 192 g/mol. The summed E-state index contributed by atoms with van der Waals surface area (Å²) in [6.45, 7) is 7.97. The topological polar surface area (TPSA) is 26.3 Å². The largest absolute Gasteiger partial charge is 0.434 e. The van der Waals surface area contributed by atoms with Crippen LogP contribution < -0.4 is 0 Å². The Labute approximate surface area is 84.6 Å². The summed E-state index contributed by atoms with van der Waals surface area (Å²) in [4.78, 5) is 11.8. The van der Waals surface area contributed by atoms with Crippen LogP contribution in [0.3, 0.4) is 0 Å². The van der Waals surface area contributed by atoms with Crippen molar-refractivity contribution >= 4 is 5.97 Å². The molecule has 2 nitrogen and oxygen atoms in total. The van der Waals surface area contributed by atoms with E-state index in [1.807, 2.05) is 6.92 Å². The van der Waals surface area contributed by atoms with Gasteiger partial charge in [0.25, 0.3) is 0 Å². The van der Waals surface area contributed by atoms with Crippen LogP contribution in [0.15, 0.2) is 24.5 Å². The van der Waals surface area contributed by atoms with E-state index in [0.717, 1.165) is 12.8 Å².